The molecule has 0 atom stereocenters. The second-order valence-corrected chi connectivity index (χ2v) is 4.73. The van der Waals surface area contributed by atoms with E-state index in [9.17, 15) is 0 Å². The van der Waals surface area contributed by atoms with Crippen LogP contribution in [0.4, 0.5) is 0 Å². The summed E-state index contributed by atoms with van der Waals surface area (Å²) < 4.78 is 2.27. The van der Waals surface area contributed by atoms with Crippen molar-refractivity contribution in [2.75, 3.05) is 7.05 Å². The fourth-order valence-corrected chi connectivity index (χ4v) is 2.23. The molecule has 2 aromatic rings. The molecule has 2 heterocycles. The zero-order chi connectivity index (χ0) is 12.5. The van der Waals surface area contributed by atoms with Gasteiger partial charge in [-0.3, -0.25) is 0 Å². The van der Waals surface area contributed by atoms with E-state index in [-0.39, 0.29) is 0 Å². The predicted molar refractivity (Wildman–Crippen MR) is 70.6 cm³/mol. The minimum absolute atomic E-state index is 0.579. The van der Waals surface area contributed by atoms with E-state index < -0.39 is 0 Å². The Hall–Kier alpha value is -2.04. The van der Waals surface area contributed by atoms with Crippen LogP contribution in [0.5, 0.6) is 0 Å². The van der Waals surface area contributed by atoms with Crippen molar-refractivity contribution in [1.82, 2.24) is 19.4 Å². The summed E-state index contributed by atoms with van der Waals surface area (Å²) in [4.78, 5) is 11.2. The molecule has 3 rings (SSSR count). The lowest BCUT2D eigenvalue weighted by atomic mass is 10.4. The first-order chi connectivity index (χ1) is 8.79. The number of imidazole rings is 1. The molecule has 94 valence electrons. The van der Waals surface area contributed by atoms with Crippen LogP contribution in [0, 0.1) is 0 Å². The Morgan fingerprint density at radius 2 is 2.39 bits per heavy atom. The summed E-state index contributed by atoms with van der Waals surface area (Å²) in [6.45, 7) is 0.751. The summed E-state index contributed by atoms with van der Waals surface area (Å²) in [5.74, 6) is 1.06. The van der Waals surface area contributed by atoms with E-state index in [2.05, 4.69) is 14.5 Å². The Bertz CT molecular complexity index is 582. The van der Waals surface area contributed by atoms with Crippen LogP contribution < -0.4 is 5.73 Å². The maximum absolute atomic E-state index is 5.41. The van der Waals surface area contributed by atoms with Crippen LogP contribution >= 0.6 is 0 Å². The molecule has 0 bridgehead atoms. The quantitative estimate of drug-likeness (QED) is 0.886. The topological polar surface area (TPSA) is 60.0 Å². The van der Waals surface area contributed by atoms with Crippen LogP contribution in [0.3, 0.4) is 0 Å². The summed E-state index contributed by atoms with van der Waals surface area (Å²) in [5.41, 5.74) is 7.38. The molecule has 0 aromatic carbocycles. The molecule has 0 radical (unpaired) electrons. The van der Waals surface area contributed by atoms with Crippen molar-refractivity contribution in [2.24, 2.45) is 5.73 Å². The molecular formula is C13H17N5. The predicted octanol–water partition coefficient (Wildman–Crippen LogP) is 1.63. The van der Waals surface area contributed by atoms with Crippen LogP contribution in [0.2, 0.25) is 0 Å². The van der Waals surface area contributed by atoms with Crippen molar-refractivity contribution in [3.05, 3.63) is 36.6 Å². The van der Waals surface area contributed by atoms with Gasteiger partial charge in [0, 0.05) is 31.7 Å². The zero-order valence-corrected chi connectivity index (χ0v) is 10.5. The molecular weight excluding hydrogens is 226 g/mol. The molecule has 1 fully saturated rings. The van der Waals surface area contributed by atoms with Gasteiger partial charge in [-0.15, -0.1) is 0 Å². The Labute approximate surface area is 106 Å². The van der Waals surface area contributed by atoms with E-state index in [1.165, 1.54) is 12.8 Å². The third kappa shape index (κ3) is 1.92. The Morgan fingerprint density at radius 3 is 3.11 bits per heavy atom. The number of pyridine rings is 1. The van der Waals surface area contributed by atoms with Gasteiger partial charge in [0.25, 0.3) is 0 Å². The molecule has 1 aliphatic rings. The molecule has 0 spiro atoms. The van der Waals surface area contributed by atoms with Crippen LogP contribution in [-0.2, 0) is 6.54 Å². The molecule has 0 unspecified atom stereocenters. The van der Waals surface area contributed by atoms with Gasteiger partial charge in [0.05, 0.1) is 6.54 Å². The molecule has 0 saturated heterocycles. The van der Waals surface area contributed by atoms with Crippen LogP contribution in [-0.4, -0.2) is 26.5 Å². The van der Waals surface area contributed by atoms with Crippen molar-refractivity contribution >= 4 is 11.2 Å². The van der Waals surface area contributed by atoms with Gasteiger partial charge in [0.1, 0.15) is 11.3 Å². The summed E-state index contributed by atoms with van der Waals surface area (Å²) in [6, 6.07) is 4.53. The minimum Gasteiger partial charge on any atom is -0.403 e. The second kappa shape index (κ2) is 4.33. The third-order valence-corrected chi connectivity index (χ3v) is 3.17. The first-order valence-electron chi connectivity index (χ1n) is 6.20. The maximum Gasteiger partial charge on any atom is 0.160 e. The highest BCUT2D eigenvalue weighted by molar-refractivity contribution is 5.71. The molecule has 0 aliphatic heterocycles. The number of hydrogen-bond donors (Lipinski definition) is 1. The molecule has 2 aromatic heterocycles. The largest absolute Gasteiger partial charge is 0.403 e. The SMILES string of the molecule is CN(/C=C\N)Cc1nc2cccnc2n1C1CC1. The van der Waals surface area contributed by atoms with Gasteiger partial charge in [-0.2, -0.15) is 0 Å². The van der Waals surface area contributed by atoms with Crippen molar-refractivity contribution in [2.45, 2.75) is 25.4 Å². The van der Waals surface area contributed by atoms with Crippen molar-refractivity contribution in [3.8, 4) is 0 Å². The lowest BCUT2D eigenvalue weighted by Gasteiger charge is -2.14. The minimum atomic E-state index is 0.579. The first-order valence-corrected chi connectivity index (χ1v) is 6.20. The fourth-order valence-electron chi connectivity index (χ4n) is 2.23. The lowest BCUT2D eigenvalue weighted by Crippen LogP contribution is -2.15. The fraction of sp³-hybridized carbons (Fsp3) is 0.385. The van der Waals surface area contributed by atoms with Gasteiger partial charge in [-0.1, -0.05) is 0 Å². The highest BCUT2D eigenvalue weighted by atomic mass is 15.2. The Kier molecular flexibility index (Phi) is 2.66. The number of nitrogens with zero attached hydrogens (tertiary/aromatic N) is 4. The van der Waals surface area contributed by atoms with Gasteiger partial charge in [-0.05, 0) is 25.0 Å². The van der Waals surface area contributed by atoms with Gasteiger partial charge in [0.2, 0.25) is 0 Å². The van der Waals surface area contributed by atoms with E-state index in [1.54, 1.807) is 6.20 Å². The number of hydrogen-bond acceptors (Lipinski definition) is 4. The van der Waals surface area contributed by atoms with E-state index in [0.717, 1.165) is 23.5 Å². The summed E-state index contributed by atoms with van der Waals surface area (Å²) >= 11 is 0. The van der Waals surface area contributed by atoms with E-state index in [1.807, 2.05) is 36.5 Å². The number of fused-ring (bicyclic) bond motifs is 1. The third-order valence-electron chi connectivity index (χ3n) is 3.17. The Balaban J connectivity index is 2.02. The molecule has 1 aliphatic carbocycles. The van der Waals surface area contributed by atoms with E-state index in [0.29, 0.717) is 6.04 Å². The van der Waals surface area contributed by atoms with Crippen LogP contribution in [0.25, 0.3) is 11.2 Å². The highest BCUT2D eigenvalue weighted by Crippen LogP contribution is 2.38. The molecule has 0 amide bonds. The monoisotopic (exact) mass is 243 g/mol. The van der Waals surface area contributed by atoms with Gasteiger partial charge < -0.3 is 15.2 Å². The van der Waals surface area contributed by atoms with E-state index in [4.69, 9.17) is 5.73 Å². The number of rotatable bonds is 4. The Morgan fingerprint density at radius 1 is 1.56 bits per heavy atom. The molecule has 5 nitrogen and oxygen atoms in total. The van der Waals surface area contributed by atoms with Crippen molar-refractivity contribution in [3.63, 3.8) is 0 Å². The molecule has 5 heteroatoms. The van der Waals surface area contributed by atoms with Gasteiger partial charge in [0.15, 0.2) is 5.65 Å². The average molecular weight is 243 g/mol. The molecule has 18 heavy (non-hydrogen) atoms. The van der Waals surface area contributed by atoms with Crippen LogP contribution in [0.1, 0.15) is 24.7 Å². The molecule has 1 saturated carbocycles. The summed E-state index contributed by atoms with van der Waals surface area (Å²) in [6.07, 6.45) is 7.68. The smallest absolute Gasteiger partial charge is 0.160 e. The van der Waals surface area contributed by atoms with Gasteiger partial charge in [-0.25, -0.2) is 9.97 Å². The lowest BCUT2D eigenvalue weighted by molar-refractivity contribution is 0.424. The first kappa shape index (κ1) is 11.1. The number of aromatic nitrogens is 3. The highest BCUT2D eigenvalue weighted by Gasteiger charge is 2.28. The normalized spacial score (nSPS) is 15.6. The zero-order valence-electron chi connectivity index (χ0n) is 10.5. The van der Waals surface area contributed by atoms with Gasteiger partial charge >= 0.3 is 0 Å². The molecule has 2 N–H and O–H groups in total. The van der Waals surface area contributed by atoms with Crippen molar-refractivity contribution in [1.29, 1.82) is 0 Å². The summed E-state index contributed by atoms with van der Waals surface area (Å²) in [7, 11) is 1.99. The van der Waals surface area contributed by atoms with Crippen molar-refractivity contribution < 1.29 is 0 Å². The second-order valence-electron chi connectivity index (χ2n) is 4.73. The maximum atomic E-state index is 5.41. The number of nitrogens with two attached hydrogens (primary N) is 1. The van der Waals surface area contributed by atoms with E-state index >= 15 is 0 Å². The standard InChI is InChI=1S/C13H17N5/c1-17(8-6-14)9-12-16-11-3-2-7-15-13(11)18(12)10-4-5-10/h2-3,6-8,10H,4-5,9,14H2,1H3/b8-6-. The average Bonchev–Trinajstić information content (AvgIpc) is 3.11. The summed E-state index contributed by atoms with van der Waals surface area (Å²) in [5, 5.41) is 0. The van der Waals surface area contributed by atoms with Crippen LogP contribution in [0.15, 0.2) is 30.7 Å².